The van der Waals surface area contributed by atoms with Gasteiger partial charge in [-0.05, 0) is 72.5 Å². The summed E-state index contributed by atoms with van der Waals surface area (Å²) >= 11 is -0.800. The van der Waals surface area contributed by atoms with E-state index in [4.69, 9.17) is 56.8 Å². The first kappa shape index (κ1) is 90.5. The average Bonchev–Trinajstić information content (AvgIpc) is 1.63. The number of amides is 2. The number of ketones is 2. The quantitative estimate of drug-likeness (QED) is 0.0659. The number of aliphatic hydroxyl groups is 2. The first-order valence-electron chi connectivity index (χ1n) is 37.7. The van der Waals surface area contributed by atoms with Crippen molar-refractivity contribution >= 4 is 78.1 Å². The Hall–Kier alpha value is -5.36. The van der Waals surface area contributed by atoms with E-state index >= 15 is 4.79 Å². The van der Waals surface area contributed by atoms with E-state index in [1.165, 1.54) is 41.5 Å². The molecule has 0 aliphatic carbocycles. The van der Waals surface area contributed by atoms with Gasteiger partial charge in [-0.3, -0.25) is 19.2 Å². The van der Waals surface area contributed by atoms with Crippen molar-refractivity contribution in [3.63, 3.8) is 0 Å². The van der Waals surface area contributed by atoms with Crippen LogP contribution in [0.4, 0.5) is 0 Å². The van der Waals surface area contributed by atoms with Gasteiger partial charge in [0.05, 0.1) is 43.2 Å². The maximum absolute atomic E-state index is 15.5. The second-order valence-corrected chi connectivity index (χ2v) is 35.2. The van der Waals surface area contributed by atoms with Gasteiger partial charge in [-0.15, -0.1) is 0 Å². The summed E-state index contributed by atoms with van der Waals surface area (Å²) in [4.78, 5) is 122. The van der Waals surface area contributed by atoms with Crippen LogP contribution < -0.4 is 4.46 Å². The Bertz CT molecular complexity index is 3380. The minimum Gasteiger partial charge on any atom is -0.459 e. The number of rotatable bonds is 12. The summed E-state index contributed by atoms with van der Waals surface area (Å²) in [6.45, 7) is 41.7. The molecule has 27 heteroatoms. The van der Waals surface area contributed by atoms with Crippen molar-refractivity contribution < 1.29 is 105 Å². The molecule has 107 heavy (non-hydrogen) atoms. The zero-order chi connectivity index (χ0) is 80.5. The third-order valence-corrected chi connectivity index (χ3v) is 24.7. The fourth-order valence-electron chi connectivity index (χ4n) is 16.6. The van der Waals surface area contributed by atoms with Crippen molar-refractivity contribution in [3.05, 3.63) is 54.6 Å². The molecule has 1 aromatic rings. The van der Waals surface area contributed by atoms with Crippen LogP contribution in [0.2, 0.25) is 4.31 Å². The third kappa shape index (κ3) is 21.9. The molecule has 26 nitrogen and oxygen atoms in total. The molecule has 6 aliphatic heterocycles. The Morgan fingerprint density at radius 2 is 0.972 bits per heavy atom. The summed E-state index contributed by atoms with van der Waals surface area (Å²) in [5.74, 6) is -9.99. The Balaban J connectivity index is 0.000000338. The monoisotopic (exact) mass is 1570 g/mol. The summed E-state index contributed by atoms with van der Waals surface area (Å²) in [5, 5.41) is 24.6. The van der Waals surface area contributed by atoms with Gasteiger partial charge in [0.15, 0.2) is 18.2 Å². The maximum Gasteiger partial charge on any atom is 0.316 e. The number of carbonyl (C=O) groups excluding carboxylic acids is 8. The molecule has 0 spiro atoms. The van der Waals surface area contributed by atoms with Gasteiger partial charge < -0.3 is 38.4 Å². The molecular formula is C80H124N4O22Se. The molecule has 7 rings (SSSR count). The molecular weight excluding hydrogens is 1450 g/mol. The number of nitrogens with zero attached hydrogens (tertiary/aromatic N) is 4. The molecule has 0 saturated carbocycles. The zero-order valence-corrected chi connectivity index (χ0v) is 69.5. The van der Waals surface area contributed by atoms with E-state index in [2.05, 4.69) is 23.1 Å². The van der Waals surface area contributed by atoms with Crippen molar-refractivity contribution in [2.24, 2.45) is 51.4 Å². The fourth-order valence-corrected chi connectivity index (χ4v) is 19.1. The van der Waals surface area contributed by atoms with Gasteiger partial charge in [-0.1, -0.05) is 34.3 Å². The molecule has 2 N–H and O–H groups in total. The molecule has 4 bridgehead atoms. The van der Waals surface area contributed by atoms with Gasteiger partial charge in [0.25, 0.3) is 0 Å². The molecule has 6 saturated heterocycles. The number of ether oxygens (including phenoxy) is 12. The van der Waals surface area contributed by atoms with E-state index < -0.39 is 192 Å². The van der Waals surface area contributed by atoms with Crippen LogP contribution in [-0.4, -0.2) is 256 Å². The van der Waals surface area contributed by atoms with Gasteiger partial charge in [-0.25, -0.2) is 4.99 Å². The Labute approximate surface area is 640 Å². The Morgan fingerprint density at radius 1 is 0.579 bits per heavy atom. The van der Waals surface area contributed by atoms with Crippen molar-refractivity contribution in [2.75, 3.05) is 54.6 Å². The Morgan fingerprint density at radius 3 is 1.35 bits per heavy atom. The summed E-state index contributed by atoms with van der Waals surface area (Å²) < 4.78 is 76.1. The molecule has 0 aromatic heterocycles. The van der Waals surface area contributed by atoms with Gasteiger partial charge in [0, 0.05) is 31.4 Å². The summed E-state index contributed by atoms with van der Waals surface area (Å²) in [5.41, 5.74) is -4.24. The Kier molecular flexibility index (Phi) is 32.0. The molecule has 26 atom stereocenters. The number of esters is 4. The van der Waals surface area contributed by atoms with Crippen LogP contribution in [0.25, 0.3) is 0 Å². The van der Waals surface area contributed by atoms with Crippen LogP contribution in [-0.2, 0) is 95.2 Å². The number of hydrogen-bond acceptors (Lipinski definition) is 24. The van der Waals surface area contributed by atoms with Gasteiger partial charge in [-0.2, -0.15) is 0 Å². The smallest absolute Gasteiger partial charge is 0.316 e. The van der Waals surface area contributed by atoms with E-state index in [0.717, 1.165) is 4.46 Å². The van der Waals surface area contributed by atoms with E-state index in [1.54, 1.807) is 41.5 Å². The normalized spacial score (nSPS) is 40.6. The predicted octanol–water partition coefficient (Wildman–Crippen LogP) is 7.92. The van der Waals surface area contributed by atoms with E-state index in [0.29, 0.717) is 35.4 Å². The third-order valence-electron chi connectivity index (χ3n) is 22.0. The van der Waals surface area contributed by atoms with Crippen molar-refractivity contribution in [3.8, 4) is 0 Å². The first-order chi connectivity index (χ1) is 49.7. The minimum absolute atomic E-state index is 0.00420. The second-order valence-electron chi connectivity index (χ2n) is 32.1. The molecule has 3 unspecified atom stereocenters. The number of Topliss-reactive ketones (excluding diaryl/α,β-unsaturated/α-hetero) is 2. The second kappa shape index (κ2) is 37.8. The van der Waals surface area contributed by atoms with E-state index in [-0.39, 0.29) is 76.4 Å². The van der Waals surface area contributed by atoms with Crippen molar-refractivity contribution in [1.82, 2.24) is 9.80 Å². The zero-order valence-electron chi connectivity index (χ0n) is 67.8. The molecule has 1 aromatic carbocycles. The molecule has 6 fully saturated rings. The summed E-state index contributed by atoms with van der Waals surface area (Å²) in [6, 6.07) is 8.74. The molecule has 0 radical (unpaired) electrons. The van der Waals surface area contributed by atoms with Crippen LogP contribution in [0.15, 0.2) is 64.6 Å². The number of hydrogen-bond donors (Lipinski definition) is 2. The molecule has 6 heterocycles. The average molecular weight is 1570 g/mol. The van der Waals surface area contributed by atoms with E-state index in [1.807, 2.05) is 124 Å². The number of fused-ring (bicyclic) bond motifs is 10. The standard InChI is InChI=1S/C43H64N2O11Se.C37H60N2O11/c1-14-33-42(10,50)38-27(5)34(44-29(7)46)25(3)21-41(9,52-23-24(2)22-51-38)37(56-39-35(54-30(8)47)32(45(12)13)20-26(4)53-39)28(6)36(48)43(11,40(49)55-33)57-31-18-16-15-17-19-31;1-14-28-37(11,44)33-22(5)29(38-25(8)40)20(3)16-36(10,46-18-19(2)17-45-33)32(23(6)30(42)24(7)34(43)49-28)50-35-31(48-26(9)41)27(39(12)13)15-21(4)47-35/h15-19,25-28,32-33,35,37-39,50H,2,14,20-23H2,1,3-13H3;20-24,27-28,31-33,35,44H,2,14-18H2,1,3-13H3/t25-,26-,27+,28+,32+,33-,35-,37?,38-,39+,41-,42-,43?;20-,21-,22+,23+,24-,27+,28-,31-,32?,33-,35+,36-,37-/m11/s1. The minimum atomic E-state index is -1.81. The van der Waals surface area contributed by atoms with Crippen LogP contribution >= 0.6 is 0 Å². The number of carbonyl (C=O) groups is 8. The fraction of sp³-hybridized carbons (Fsp3) is 0.750. The number of likely N-dealkylation sites (N-methyl/N-ethyl adjacent to an activating group) is 2. The van der Waals surface area contributed by atoms with Crippen LogP contribution in [0, 0.1) is 41.4 Å². The van der Waals surface area contributed by atoms with Crippen LogP contribution in [0.5, 0.6) is 0 Å². The number of benzene rings is 1. The van der Waals surface area contributed by atoms with Crippen LogP contribution in [0.3, 0.4) is 0 Å². The number of aliphatic imine (C=N–C) groups is 2. The molecule has 602 valence electrons. The van der Waals surface area contributed by atoms with Gasteiger partial charge in [0.1, 0.15) is 17.6 Å². The van der Waals surface area contributed by atoms with Crippen molar-refractivity contribution in [1.29, 1.82) is 0 Å². The largest absolute Gasteiger partial charge is 0.459 e. The van der Waals surface area contributed by atoms with Gasteiger partial charge in [0.2, 0.25) is 5.91 Å². The SMILES string of the molecule is C=C1CO[C@@H]2[C@@H](C)C(=NC(C)=O)[C@H](C)C[C@@](C)(OC1)C(O[C@@H]1O[C@H](C)C[C@H](N(C)C)[C@H]1OC(C)=O)[C@@H](C)C(=O)C(C)([Se]c1ccccc1)C(=O)O[C@H](CC)[C@@]2(C)O.C=C1CO[C@@H]2[C@@H](C)C(=NC(C)=O)[C@H](C)C[C@@](C)(OC1)C(O[C@@H]1O[C@H](C)C[C@H](N(C)C)[C@H]1OC(C)=O)[C@@H](C)C(=O)[C@@H](C)C(=O)O[C@H](CC)[C@@]2(C)O. The van der Waals surface area contributed by atoms with E-state index in [9.17, 15) is 43.8 Å². The maximum atomic E-state index is 15.5. The summed E-state index contributed by atoms with van der Waals surface area (Å²) in [7, 11) is 7.54. The first-order valence-corrected chi connectivity index (χ1v) is 39.4. The predicted molar refractivity (Wildman–Crippen MR) is 402 cm³/mol. The molecule has 2 amide bonds. The topological polar surface area (TPSA) is 319 Å². The number of cyclic esters (lactones) is 2. The molecule has 6 aliphatic rings. The van der Waals surface area contributed by atoms with Gasteiger partial charge >= 0.3 is 358 Å². The van der Waals surface area contributed by atoms with Crippen molar-refractivity contribution in [2.45, 2.75) is 289 Å². The summed E-state index contributed by atoms with van der Waals surface area (Å²) in [6.07, 6.45) is -9.14. The van der Waals surface area contributed by atoms with Crippen LogP contribution in [0.1, 0.15) is 177 Å².